The fourth-order valence-electron chi connectivity index (χ4n) is 3.40. The maximum Gasteiger partial charge on any atom is 0.305 e. The molecule has 0 radical (unpaired) electrons. The monoisotopic (exact) mass is 377 g/mol. The molecule has 0 saturated carbocycles. The first kappa shape index (κ1) is 21.2. The Morgan fingerprint density at radius 3 is 2.41 bits per heavy atom. The third-order valence-corrected chi connectivity index (χ3v) is 5.07. The van der Waals surface area contributed by atoms with Gasteiger partial charge in [0.2, 0.25) is 5.91 Å². The molecule has 2 atom stereocenters. The zero-order valence-electron chi connectivity index (χ0n) is 16.9. The van der Waals surface area contributed by atoms with Gasteiger partial charge in [-0.15, -0.1) is 0 Å². The summed E-state index contributed by atoms with van der Waals surface area (Å²) in [5, 5.41) is 9.18. The number of rotatable bonds is 8. The number of carboxylic acid groups (broad SMARTS) is 1. The molecule has 2 rings (SSSR count). The van der Waals surface area contributed by atoms with Crippen LogP contribution in [0.15, 0.2) is 24.3 Å². The quantitative estimate of drug-likeness (QED) is 0.753. The molecule has 0 spiro atoms. The lowest BCUT2D eigenvalue weighted by Gasteiger charge is -2.33. The minimum atomic E-state index is -0.904. The summed E-state index contributed by atoms with van der Waals surface area (Å²) in [5.41, 5.74) is 0.106. The van der Waals surface area contributed by atoms with Gasteiger partial charge in [-0.25, -0.2) is 0 Å². The average molecular weight is 377 g/mol. The molecule has 1 aromatic carbocycles. The van der Waals surface area contributed by atoms with Gasteiger partial charge >= 0.3 is 5.97 Å². The van der Waals surface area contributed by atoms with Gasteiger partial charge in [-0.1, -0.05) is 26.0 Å². The van der Waals surface area contributed by atoms with Gasteiger partial charge in [0.05, 0.1) is 24.5 Å². The first-order valence-electron chi connectivity index (χ1n) is 9.44. The molecule has 6 heteroatoms. The van der Waals surface area contributed by atoms with Gasteiger partial charge in [-0.05, 0) is 43.9 Å². The summed E-state index contributed by atoms with van der Waals surface area (Å²) >= 11 is 0. The molecule has 27 heavy (non-hydrogen) atoms. The van der Waals surface area contributed by atoms with E-state index in [1.54, 1.807) is 12.0 Å². The molecule has 0 bridgehead atoms. The number of ether oxygens (including phenoxy) is 2. The first-order chi connectivity index (χ1) is 12.6. The summed E-state index contributed by atoms with van der Waals surface area (Å²) in [6.45, 7) is 8.99. The second kappa shape index (κ2) is 8.74. The fourth-order valence-corrected chi connectivity index (χ4v) is 3.40. The summed E-state index contributed by atoms with van der Waals surface area (Å²) in [6, 6.07) is 7.23. The average Bonchev–Trinajstić information content (AvgIpc) is 3.01. The van der Waals surface area contributed by atoms with Gasteiger partial charge in [-0.3, -0.25) is 9.59 Å². The van der Waals surface area contributed by atoms with Gasteiger partial charge < -0.3 is 19.5 Å². The second-order valence-electron chi connectivity index (χ2n) is 8.16. The van der Waals surface area contributed by atoms with Crippen molar-refractivity contribution < 1.29 is 24.2 Å². The summed E-state index contributed by atoms with van der Waals surface area (Å²) in [6.07, 6.45) is 0.358. The van der Waals surface area contributed by atoms with Crippen molar-refractivity contribution in [2.75, 3.05) is 20.3 Å². The van der Waals surface area contributed by atoms with Crippen LogP contribution in [-0.4, -0.2) is 54.3 Å². The van der Waals surface area contributed by atoms with Crippen LogP contribution in [-0.2, 0) is 19.7 Å². The Hall–Kier alpha value is -2.08. The molecule has 150 valence electrons. The highest BCUT2D eigenvalue weighted by molar-refractivity contribution is 5.88. The van der Waals surface area contributed by atoms with E-state index in [1.807, 2.05) is 38.1 Å². The number of amides is 1. The van der Waals surface area contributed by atoms with E-state index < -0.39 is 11.4 Å². The van der Waals surface area contributed by atoms with E-state index in [9.17, 15) is 14.7 Å². The number of methoxy groups -OCH3 is 1. The summed E-state index contributed by atoms with van der Waals surface area (Å²) in [5.74, 6) is 0.237. The first-order valence-corrected chi connectivity index (χ1v) is 9.44. The molecular weight excluding hydrogens is 346 g/mol. The molecule has 1 saturated heterocycles. The van der Waals surface area contributed by atoms with E-state index in [1.165, 1.54) is 0 Å². The Labute approximate surface area is 161 Å². The van der Waals surface area contributed by atoms with Gasteiger partial charge in [0.25, 0.3) is 0 Å². The van der Waals surface area contributed by atoms with E-state index in [4.69, 9.17) is 9.47 Å². The molecule has 1 aromatic rings. The van der Waals surface area contributed by atoms with Crippen molar-refractivity contribution in [2.24, 2.45) is 5.92 Å². The maximum atomic E-state index is 13.3. The van der Waals surface area contributed by atoms with Crippen molar-refractivity contribution in [3.8, 4) is 5.75 Å². The third-order valence-electron chi connectivity index (χ3n) is 5.07. The lowest BCUT2D eigenvalue weighted by Crippen LogP contribution is -2.46. The van der Waals surface area contributed by atoms with E-state index in [2.05, 4.69) is 13.8 Å². The molecule has 0 aliphatic carbocycles. The Bertz CT molecular complexity index is 653. The van der Waals surface area contributed by atoms with Crippen molar-refractivity contribution in [3.05, 3.63) is 29.8 Å². The number of carbonyl (C=O) groups is 2. The van der Waals surface area contributed by atoms with Gasteiger partial charge in [0, 0.05) is 19.7 Å². The smallest absolute Gasteiger partial charge is 0.305 e. The van der Waals surface area contributed by atoms with Crippen LogP contribution in [0.2, 0.25) is 0 Å². The predicted octanol–water partition coefficient (Wildman–Crippen LogP) is 3.09. The fraction of sp³-hybridized carbons (Fsp3) is 0.619. The number of benzene rings is 1. The molecule has 1 amide bonds. The molecule has 1 heterocycles. The Morgan fingerprint density at radius 1 is 1.26 bits per heavy atom. The lowest BCUT2D eigenvalue weighted by atomic mass is 9.83. The van der Waals surface area contributed by atoms with Crippen LogP contribution < -0.4 is 4.74 Å². The number of hydrogen-bond donors (Lipinski definition) is 1. The number of carbonyl (C=O) groups excluding carboxylic acids is 1. The standard InChI is InChI=1S/C21H31NO5/c1-14(2)13-27-17-8-6-15(7-9-17)21(3,4)20(25)22-12-18(26-5)10-16(22)11-19(23)24/h6-9,14,16,18H,10-13H2,1-5H3,(H,23,24). The second-order valence-corrected chi connectivity index (χ2v) is 8.16. The number of likely N-dealkylation sites (tertiary alicyclic amines) is 1. The normalized spacial score (nSPS) is 20.1. The lowest BCUT2D eigenvalue weighted by molar-refractivity contribution is -0.141. The zero-order chi connectivity index (χ0) is 20.2. The van der Waals surface area contributed by atoms with Gasteiger partial charge in [0.1, 0.15) is 5.75 Å². The third kappa shape index (κ3) is 5.22. The van der Waals surface area contributed by atoms with Crippen LogP contribution in [0.5, 0.6) is 5.75 Å². The van der Waals surface area contributed by atoms with Gasteiger partial charge in [-0.2, -0.15) is 0 Å². The molecule has 1 fully saturated rings. The minimum Gasteiger partial charge on any atom is -0.493 e. The molecular formula is C21H31NO5. The maximum absolute atomic E-state index is 13.3. The van der Waals surface area contributed by atoms with E-state index in [0.29, 0.717) is 25.5 Å². The van der Waals surface area contributed by atoms with Crippen LogP contribution in [0.3, 0.4) is 0 Å². The highest BCUT2D eigenvalue weighted by Gasteiger charge is 2.42. The van der Waals surface area contributed by atoms with Gasteiger partial charge in [0.15, 0.2) is 0 Å². The Kier molecular flexibility index (Phi) is 6.87. The zero-order valence-corrected chi connectivity index (χ0v) is 16.9. The minimum absolute atomic E-state index is 0.0658. The number of hydrogen-bond acceptors (Lipinski definition) is 4. The van der Waals surface area contributed by atoms with E-state index >= 15 is 0 Å². The summed E-state index contributed by atoms with van der Waals surface area (Å²) in [4.78, 5) is 26.1. The van der Waals surface area contributed by atoms with E-state index in [-0.39, 0.29) is 24.5 Å². The Morgan fingerprint density at radius 2 is 1.89 bits per heavy atom. The molecule has 1 N–H and O–H groups in total. The van der Waals surface area contributed by atoms with Crippen molar-refractivity contribution in [1.29, 1.82) is 0 Å². The predicted molar refractivity (Wildman–Crippen MR) is 103 cm³/mol. The molecule has 0 aromatic heterocycles. The molecule has 2 unspecified atom stereocenters. The van der Waals surface area contributed by atoms with Crippen LogP contribution in [0, 0.1) is 5.92 Å². The van der Waals surface area contributed by atoms with Crippen molar-refractivity contribution >= 4 is 11.9 Å². The van der Waals surface area contributed by atoms with Crippen LogP contribution in [0.1, 0.15) is 46.1 Å². The topological polar surface area (TPSA) is 76.1 Å². The Balaban J connectivity index is 2.16. The largest absolute Gasteiger partial charge is 0.493 e. The highest BCUT2D eigenvalue weighted by Crippen LogP contribution is 2.32. The number of aliphatic carboxylic acids is 1. The molecule has 1 aliphatic rings. The molecule has 1 aliphatic heterocycles. The summed E-state index contributed by atoms with van der Waals surface area (Å²) < 4.78 is 11.1. The molecule has 6 nitrogen and oxygen atoms in total. The van der Waals surface area contributed by atoms with Crippen LogP contribution in [0.25, 0.3) is 0 Å². The van der Waals surface area contributed by atoms with Crippen molar-refractivity contribution in [3.63, 3.8) is 0 Å². The van der Waals surface area contributed by atoms with Crippen LogP contribution in [0.4, 0.5) is 0 Å². The van der Waals surface area contributed by atoms with Crippen molar-refractivity contribution in [2.45, 2.75) is 58.1 Å². The number of nitrogens with zero attached hydrogens (tertiary/aromatic N) is 1. The summed E-state index contributed by atoms with van der Waals surface area (Å²) in [7, 11) is 1.59. The van der Waals surface area contributed by atoms with Crippen LogP contribution >= 0.6 is 0 Å². The highest BCUT2D eigenvalue weighted by atomic mass is 16.5. The van der Waals surface area contributed by atoms with Crippen molar-refractivity contribution in [1.82, 2.24) is 4.90 Å². The number of carboxylic acids is 1. The SMILES string of the molecule is COC1CC(CC(=O)O)N(C(=O)C(C)(C)c2ccc(OCC(C)C)cc2)C1. The van der Waals surface area contributed by atoms with E-state index in [0.717, 1.165) is 11.3 Å².